The zero-order chi connectivity index (χ0) is 22.2. The SMILES string of the molecule is C[C@@H]1CN(Cc2ccnc3ccccc23)CCN1S(=O)(=O)c1ccc(C(C)(C)C)cc1. The Kier molecular flexibility index (Phi) is 5.90. The highest BCUT2D eigenvalue weighted by Crippen LogP contribution is 2.27. The van der Waals surface area contributed by atoms with Crippen molar-refractivity contribution in [3.8, 4) is 0 Å². The number of benzene rings is 2. The smallest absolute Gasteiger partial charge is 0.243 e. The topological polar surface area (TPSA) is 53.5 Å². The lowest BCUT2D eigenvalue weighted by Crippen LogP contribution is -2.53. The number of sulfonamides is 1. The van der Waals surface area contributed by atoms with Gasteiger partial charge in [0, 0.05) is 43.8 Å². The first-order valence-corrected chi connectivity index (χ1v) is 12.3. The van der Waals surface area contributed by atoms with Gasteiger partial charge in [0.2, 0.25) is 10.0 Å². The maximum Gasteiger partial charge on any atom is 0.243 e. The molecule has 1 aromatic heterocycles. The molecule has 0 unspecified atom stereocenters. The summed E-state index contributed by atoms with van der Waals surface area (Å²) in [7, 11) is -3.51. The average molecular weight is 438 g/mol. The number of rotatable bonds is 4. The summed E-state index contributed by atoms with van der Waals surface area (Å²) in [5.41, 5.74) is 3.35. The van der Waals surface area contributed by atoms with Crippen LogP contribution in [0.15, 0.2) is 65.7 Å². The van der Waals surface area contributed by atoms with Crippen LogP contribution in [-0.2, 0) is 22.0 Å². The predicted molar refractivity (Wildman–Crippen MR) is 126 cm³/mol. The first kappa shape index (κ1) is 21.9. The van der Waals surface area contributed by atoms with Crippen LogP contribution in [0.2, 0.25) is 0 Å². The van der Waals surface area contributed by atoms with Crippen molar-refractivity contribution in [1.29, 1.82) is 0 Å². The van der Waals surface area contributed by atoms with Gasteiger partial charge in [-0.3, -0.25) is 9.88 Å². The van der Waals surface area contributed by atoms with Crippen molar-refractivity contribution >= 4 is 20.9 Å². The third-order valence-corrected chi connectivity index (χ3v) is 8.14. The summed E-state index contributed by atoms with van der Waals surface area (Å²) >= 11 is 0. The zero-order valence-electron chi connectivity index (χ0n) is 18.7. The molecule has 1 aliphatic heterocycles. The van der Waals surface area contributed by atoms with Gasteiger partial charge in [-0.1, -0.05) is 51.1 Å². The fourth-order valence-electron chi connectivity index (χ4n) is 4.31. The molecule has 5 nitrogen and oxygen atoms in total. The molecular formula is C25H31N3O2S. The highest BCUT2D eigenvalue weighted by molar-refractivity contribution is 7.89. The molecule has 3 aromatic rings. The number of pyridine rings is 1. The minimum Gasteiger partial charge on any atom is -0.296 e. The summed E-state index contributed by atoms with van der Waals surface area (Å²) in [4.78, 5) is 7.15. The van der Waals surface area contributed by atoms with Crippen LogP contribution in [-0.4, -0.2) is 48.3 Å². The molecular weight excluding hydrogens is 406 g/mol. The Bertz CT molecular complexity index is 1160. The second-order valence-corrected chi connectivity index (χ2v) is 11.4. The number of nitrogens with zero attached hydrogens (tertiary/aromatic N) is 3. The number of piperazine rings is 1. The van der Waals surface area contributed by atoms with Gasteiger partial charge in [0.25, 0.3) is 0 Å². The highest BCUT2D eigenvalue weighted by atomic mass is 32.2. The Balaban J connectivity index is 1.48. The first-order valence-electron chi connectivity index (χ1n) is 10.8. The van der Waals surface area contributed by atoms with Gasteiger partial charge in [-0.05, 0) is 47.7 Å². The standard InChI is InChI=1S/C25H31N3O2S/c1-19-17-27(18-20-13-14-26-24-8-6-5-7-23(20)24)15-16-28(19)31(29,30)22-11-9-21(10-12-22)25(2,3)4/h5-14,19H,15-18H2,1-4H3/t19-/m1/s1. The highest BCUT2D eigenvalue weighted by Gasteiger charge is 2.34. The van der Waals surface area contributed by atoms with E-state index in [1.807, 2.05) is 43.5 Å². The van der Waals surface area contributed by atoms with Gasteiger partial charge >= 0.3 is 0 Å². The number of hydrogen-bond donors (Lipinski definition) is 0. The van der Waals surface area contributed by atoms with Crippen molar-refractivity contribution in [2.45, 2.75) is 50.6 Å². The zero-order valence-corrected chi connectivity index (χ0v) is 19.6. The van der Waals surface area contributed by atoms with Crippen molar-refractivity contribution in [2.24, 2.45) is 0 Å². The molecule has 164 valence electrons. The Morgan fingerprint density at radius 1 is 1.00 bits per heavy atom. The predicted octanol–water partition coefficient (Wildman–Crippen LogP) is 4.43. The van der Waals surface area contributed by atoms with E-state index >= 15 is 0 Å². The van der Waals surface area contributed by atoms with Crippen LogP contribution in [0.5, 0.6) is 0 Å². The van der Waals surface area contributed by atoms with Gasteiger partial charge in [-0.15, -0.1) is 0 Å². The maximum atomic E-state index is 13.3. The van der Waals surface area contributed by atoms with Crippen LogP contribution in [0, 0.1) is 0 Å². The molecule has 0 spiro atoms. The summed E-state index contributed by atoms with van der Waals surface area (Å²) in [6.45, 7) is 11.1. The van der Waals surface area contributed by atoms with Gasteiger partial charge in [-0.2, -0.15) is 4.31 Å². The molecule has 0 saturated carbocycles. The minimum absolute atomic E-state index is 0.00165. The summed E-state index contributed by atoms with van der Waals surface area (Å²) < 4.78 is 28.2. The van der Waals surface area contributed by atoms with Crippen molar-refractivity contribution < 1.29 is 8.42 Å². The van der Waals surface area contributed by atoms with E-state index in [4.69, 9.17) is 0 Å². The Labute approximate surface area is 185 Å². The quantitative estimate of drug-likeness (QED) is 0.606. The van der Waals surface area contributed by atoms with E-state index in [0.717, 1.165) is 23.0 Å². The normalized spacial score (nSPS) is 19.0. The minimum atomic E-state index is -3.51. The number of aromatic nitrogens is 1. The molecule has 4 rings (SSSR count). The van der Waals surface area contributed by atoms with E-state index in [1.54, 1.807) is 16.4 Å². The Morgan fingerprint density at radius 2 is 1.71 bits per heavy atom. The largest absolute Gasteiger partial charge is 0.296 e. The fraction of sp³-hybridized carbons (Fsp3) is 0.400. The Morgan fingerprint density at radius 3 is 2.39 bits per heavy atom. The van der Waals surface area contributed by atoms with Crippen LogP contribution >= 0.6 is 0 Å². The molecule has 1 fully saturated rings. The molecule has 31 heavy (non-hydrogen) atoms. The molecule has 0 aliphatic carbocycles. The second kappa shape index (κ2) is 8.34. The van der Waals surface area contributed by atoms with E-state index in [0.29, 0.717) is 24.5 Å². The molecule has 6 heteroatoms. The average Bonchev–Trinajstić information content (AvgIpc) is 2.73. The fourth-order valence-corrected chi connectivity index (χ4v) is 5.93. The lowest BCUT2D eigenvalue weighted by atomic mass is 9.87. The van der Waals surface area contributed by atoms with E-state index in [9.17, 15) is 8.42 Å². The molecule has 1 saturated heterocycles. The van der Waals surface area contributed by atoms with Crippen LogP contribution in [0.1, 0.15) is 38.8 Å². The number of para-hydroxylation sites is 1. The van der Waals surface area contributed by atoms with Gasteiger partial charge in [0.05, 0.1) is 10.4 Å². The van der Waals surface area contributed by atoms with Crippen LogP contribution < -0.4 is 0 Å². The third-order valence-electron chi connectivity index (χ3n) is 6.11. The Hall–Kier alpha value is -2.28. The van der Waals surface area contributed by atoms with E-state index in [-0.39, 0.29) is 11.5 Å². The summed E-state index contributed by atoms with van der Waals surface area (Å²) in [6.07, 6.45) is 1.85. The van der Waals surface area contributed by atoms with Crippen LogP contribution in [0.4, 0.5) is 0 Å². The van der Waals surface area contributed by atoms with Gasteiger partial charge in [0.15, 0.2) is 0 Å². The first-order chi connectivity index (χ1) is 14.7. The van der Waals surface area contributed by atoms with Crippen molar-refractivity contribution in [1.82, 2.24) is 14.2 Å². The molecule has 0 N–H and O–H groups in total. The van der Waals surface area contributed by atoms with E-state index in [1.165, 1.54) is 5.56 Å². The van der Waals surface area contributed by atoms with E-state index < -0.39 is 10.0 Å². The van der Waals surface area contributed by atoms with E-state index in [2.05, 4.69) is 42.8 Å². The van der Waals surface area contributed by atoms with Crippen molar-refractivity contribution in [2.75, 3.05) is 19.6 Å². The molecule has 1 atom stereocenters. The molecule has 2 heterocycles. The molecule has 0 radical (unpaired) electrons. The third kappa shape index (κ3) is 4.52. The van der Waals surface area contributed by atoms with Gasteiger partial charge < -0.3 is 0 Å². The second-order valence-electron chi connectivity index (χ2n) is 9.46. The monoisotopic (exact) mass is 437 g/mol. The van der Waals surface area contributed by atoms with Gasteiger partial charge in [-0.25, -0.2) is 8.42 Å². The number of hydrogen-bond acceptors (Lipinski definition) is 4. The molecule has 0 amide bonds. The van der Waals surface area contributed by atoms with Gasteiger partial charge in [0.1, 0.15) is 0 Å². The van der Waals surface area contributed by atoms with Crippen molar-refractivity contribution in [3.05, 3.63) is 71.9 Å². The van der Waals surface area contributed by atoms with Crippen LogP contribution in [0.3, 0.4) is 0 Å². The lowest BCUT2D eigenvalue weighted by Gasteiger charge is -2.39. The maximum absolute atomic E-state index is 13.3. The molecule has 1 aliphatic rings. The van der Waals surface area contributed by atoms with Crippen LogP contribution in [0.25, 0.3) is 10.9 Å². The molecule has 0 bridgehead atoms. The summed E-state index contributed by atoms with van der Waals surface area (Å²) in [5, 5.41) is 1.16. The summed E-state index contributed by atoms with van der Waals surface area (Å²) in [6, 6.07) is 17.5. The molecule has 2 aromatic carbocycles. The lowest BCUT2D eigenvalue weighted by molar-refractivity contribution is 0.138. The van der Waals surface area contributed by atoms with Crippen molar-refractivity contribution in [3.63, 3.8) is 0 Å². The summed E-state index contributed by atoms with van der Waals surface area (Å²) in [5.74, 6) is 0. The number of fused-ring (bicyclic) bond motifs is 1.